The van der Waals surface area contributed by atoms with Crippen molar-refractivity contribution in [1.82, 2.24) is 4.90 Å². The molecule has 0 bridgehead atoms. The fourth-order valence-electron chi connectivity index (χ4n) is 1.25. The van der Waals surface area contributed by atoms with E-state index in [1.54, 1.807) is 11.0 Å². The van der Waals surface area contributed by atoms with E-state index in [1.165, 1.54) is 6.42 Å². The van der Waals surface area contributed by atoms with Gasteiger partial charge in [0.05, 0.1) is 0 Å². The number of carbonyl (C=O) groups is 1. The molecule has 1 aliphatic rings. The van der Waals surface area contributed by atoms with Crippen LogP contribution in [-0.4, -0.2) is 30.2 Å². The van der Waals surface area contributed by atoms with Crippen LogP contribution in [0.5, 0.6) is 0 Å². The molecule has 0 saturated carbocycles. The highest BCUT2D eigenvalue weighted by atomic mass is 16.2. The van der Waals surface area contributed by atoms with Crippen LogP contribution in [-0.2, 0) is 0 Å². The van der Waals surface area contributed by atoms with Crippen molar-refractivity contribution in [2.75, 3.05) is 13.1 Å². The van der Waals surface area contributed by atoms with Gasteiger partial charge in [-0.2, -0.15) is 10.3 Å². The highest BCUT2D eigenvalue weighted by molar-refractivity contribution is 5.89. The lowest BCUT2D eigenvalue weighted by atomic mass is 10.1. The minimum absolute atomic E-state index is 0.281. The number of hydrogen-bond acceptors (Lipinski definition) is 2. The number of hydrogen-bond donors (Lipinski definition) is 0. The molecule has 1 heterocycles. The maximum absolute atomic E-state index is 11.1. The predicted octanol–water partition coefficient (Wildman–Crippen LogP) is 1.19. The van der Waals surface area contributed by atoms with Crippen LogP contribution < -0.4 is 0 Å². The van der Waals surface area contributed by atoms with Crippen LogP contribution >= 0.6 is 0 Å². The number of nitriles is 1. The normalized spacial score (nSPS) is 17.8. The predicted molar refractivity (Wildman–Crippen MR) is 44.9 cm³/mol. The zero-order valence-corrected chi connectivity index (χ0v) is 6.86. The highest BCUT2D eigenvalue weighted by Crippen LogP contribution is 2.09. The maximum atomic E-state index is 11.1. The Balaban J connectivity index is 2.41. The molecule has 0 unspecified atom stereocenters. The summed E-state index contributed by atoms with van der Waals surface area (Å²) in [4.78, 5) is 16.3. The number of rotatable bonds is 0. The quantitative estimate of drug-likeness (QED) is 0.506. The summed E-state index contributed by atoms with van der Waals surface area (Å²) in [5, 5.41) is 8.14. The fourth-order valence-corrected chi connectivity index (χ4v) is 1.25. The summed E-state index contributed by atoms with van der Waals surface area (Å²) in [6.07, 6.45) is 4.27. The molecular weight excluding hydrogens is 154 g/mol. The van der Waals surface area contributed by atoms with Crippen LogP contribution in [0, 0.1) is 11.3 Å². The second kappa shape index (κ2) is 4.50. The Morgan fingerprint density at radius 1 is 1.42 bits per heavy atom. The zero-order valence-electron chi connectivity index (χ0n) is 6.86. The molecule has 0 aliphatic carbocycles. The van der Waals surface area contributed by atoms with E-state index in [-0.39, 0.29) is 6.03 Å². The number of urea groups is 1. The van der Waals surface area contributed by atoms with Gasteiger partial charge >= 0.3 is 6.03 Å². The van der Waals surface area contributed by atoms with Gasteiger partial charge in [-0.15, -0.1) is 0 Å². The Hall–Kier alpha value is -1.37. The van der Waals surface area contributed by atoms with Gasteiger partial charge in [-0.1, -0.05) is 0 Å². The van der Waals surface area contributed by atoms with E-state index in [4.69, 9.17) is 5.26 Å². The first-order chi connectivity index (χ1) is 5.84. The van der Waals surface area contributed by atoms with Crippen LogP contribution in [0.2, 0.25) is 0 Å². The molecule has 0 atom stereocenters. The summed E-state index contributed by atoms with van der Waals surface area (Å²) in [6, 6.07) is 1.42. The minimum Gasteiger partial charge on any atom is -0.323 e. The van der Waals surface area contributed by atoms with Crippen LogP contribution in [0.15, 0.2) is 4.99 Å². The average Bonchev–Trinajstić information content (AvgIpc) is 2.15. The number of aliphatic imine (C=N–C) groups is 1. The number of piperidine rings is 1. The van der Waals surface area contributed by atoms with Crippen molar-refractivity contribution in [1.29, 1.82) is 5.26 Å². The Morgan fingerprint density at radius 3 is 2.67 bits per heavy atom. The van der Waals surface area contributed by atoms with Gasteiger partial charge in [-0.25, -0.2) is 4.79 Å². The van der Waals surface area contributed by atoms with E-state index in [2.05, 4.69) is 4.99 Å². The van der Waals surface area contributed by atoms with Gasteiger partial charge in [0.25, 0.3) is 0 Å². The lowest BCUT2D eigenvalue weighted by Gasteiger charge is -2.24. The summed E-state index contributed by atoms with van der Waals surface area (Å²) in [6.45, 7) is 1.56. The van der Waals surface area contributed by atoms with Crippen molar-refractivity contribution in [2.45, 2.75) is 19.3 Å². The van der Waals surface area contributed by atoms with Crippen LogP contribution in [0.3, 0.4) is 0 Å². The molecule has 2 amide bonds. The van der Waals surface area contributed by atoms with E-state index in [0.717, 1.165) is 32.1 Å². The van der Waals surface area contributed by atoms with Gasteiger partial charge in [0.1, 0.15) is 12.3 Å². The second-order valence-corrected chi connectivity index (χ2v) is 2.72. The van der Waals surface area contributed by atoms with E-state index < -0.39 is 0 Å². The molecule has 0 spiro atoms. The standard InChI is InChI=1S/C8H11N3O/c9-4-5-10-8(12)11-6-2-1-3-7-11/h5H,1-3,6-7H2. The third kappa shape index (κ3) is 2.35. The molecule has 0 aromatic rings. The number of likely N-dealkylation sites (tertiary alicyclic amines) is 1. The topological polar surface area (TPSA) is 56.5 Å². The Labute approximate surface area is 71.5 Å². The molecule has 0 aromatic heterocycles. The first-order valence-electron chi connectivity index (χ1n) is 4.05. The maximum Gasteiger partial charge on any atom is 0.344 e. The number of carbonyl (C=O) groups excluding carboxylic acids is 1. The molecule has 4 heteroatoms. The van der Waals surface area contributed by atoms with Crippen LogP contribution in [0.4, 0.5) is 4.79 Å². The van der Waals surface area contributed by atoms with Crippen molar-refractivity contribution in [3.05, 3.63) is 0 Å². The highest BCUT2D eigenvalue weighted by Gasteiger charge is 2.14. The molecule has 1 saturated heterocycles. The van der Waals surface area contributed by atoms with Crippen molar-refractivity contribution in [3.63, 3.8) is 0 Å². The molecule has 0 N–H and O–H groups in total. The molecule has 1 aliphatic heterocycles. The molecule has 1 fully saturated rings. The minimum atomic E-state index is -0.281. The van der Waals surface area contributed by atoms with Gasteiger partial charge in [-0.3, -0.25) is 0 Å². The monoisotopic (exact) mass is 165 g/mol. The van der Waals surface area contributed by atoms with Gasteiger partial charge in [0, 0.05) is 13.1 Å². The van der Waals surface area contributed by atoms with E-state index in [9.17, 15) is 4.79 Å². The summed E-state index contributed by atoms with van der Waals surface area (Å²) < 4.78 is 0. The molecule has 4 nitrogen and oxygen atoms in total. The Morgan fingerprint density at radius 2 is 2.08 bits per heavy atom. The van der Waals surface area contributed by atoms with E-state index in [0.29, 0.717) is 0 Å². The van der Waals surface area contributed by atoms with Crippen LogP contribution in [0.25, 0.3) is 0 Å². The summed E-state index contributed by atoms with van der Waals surface area (Å²) in [5.41, 5.74) is 0. The SMILES string of the molecule is N#CC=NC(=O)N1CCCCC1. The third-order valence-electron chi connectivity index (χ3n) is 1.86. The first kappa shape index (κ1) is 8.72. The fraction of sp³-hybridized carbons (Fsp3) is 0.625. The van der Waals surface area contributed by atoms with Gasteiger partial charge in [0.2, 0.25) is 0 Å². The lowest BCUT2D eigenvalue weighted by Crippen LogP contribution is -2.33. The Kier molecular flexibility index (Phi) is 3.27. The molecule has 64 valence electrons. The summed E-state index contributed by atoms with van der Waals surface area (Å²) in [5.74, 6) is 0. The number of nitrogens with zero attached hydrogens (tertiary/aromatic N) is 3. The molecule has 0 aromatic carbocycles. The van der Waals surface area contributed by atoms with E-state index in [1.807, 2.05) is 0 Å². The van der Waals surface area contributed by atoms with Crippen molar-refractivity contribution in [3.8, 4) is 6.07 Å². The van der Waals surface area contributed by atoms with Crippen LogP contribution in [0.1, 0.15) is 19.3 Å². The van der Waals surface area contributed by atoms with Gasteiger partial charge in [0.15, 0.2) is 0 Å². The number of amides is 2. The van der Waals surface area contributed by atoms with Gasteiger partial charge in [-0.05, 0) is 19.3 Å². The van der Waals surface area contributed by atoms with Crippen molar-refractivity contribution in [2.24, 2.45) is 4.99 Å². The molecule has 1 rings (SSSR count). The van der Waals surface area contributed by atoms with Crippen molar-refractivity contribution >= 4 is 12.2 Å². The Bertz CT molecular complexity index is 223. The summed E-state index contributed by atoms with van der Waals surface area (Å²) >= 11 is 0. The zero-order chi connectivity index (χ0) is 8.81. The molecule has 0 radical (unpaired) electrons. The lowest BCUT2D eigenvalue weighted by molar-refractivity contribution is 0.196. The second-order valence-electron chi connectivity index (χ2n) is 2.72. The van der Waals surface area contributed by atoms with Gasteiger partial charge < -0.3 is 4.90 Å². The van der Waals surface area contributed by atoms with E-state index >= 15 is 0 Å². The first-order valence-corrected chi connectivity index (χ1v) is 4.05. The molecule has 12 heavy (non-hydrogen) atoms. The van der Waals surface area contributed by atoms with Crippen molar-refractivity contribution < 1.29 is 4.79 Å². The summed E-state index contributed by atoms with van der Waals surface area (Å²) in [7, 11) is 0. The largest absolute Gasteiger partial charge is 0.344 e. The molecular formula is C8H11N3O. The average molecular weight is 165 g/mol. The smallest absolute Gasteiger partial charge is 0.323 e. The third-order valence-corrected chi connectivity index (χ3v) is 1.86.